The third-order valence-electron chi connectivity index (χ3n) is 2.27. The number of aromatic hydroxyl groups is 1. The highest BCUT2D eigenvalue weighted by Gasteiger charge is 2.10. The molecule has 1 rings (SSSR count). The summed E-state index contributed by atoms with van der Waals surface area (Å²) in [5.74, 6) is 0.691. The van der Waals surface area contributed by atoms with Gasteiger partial charge in [0.25, 0.3) is 0 Å². The van der Waals surface area contributed by atoms with Gasteiger partial charge in [-0.05, 0) is 17.7 Å². The lowest BCUT2D eigenvalue weighted by atomic mass is 10.0. The maximum atomic E-state index is 11.5. The molecule has 3 heteroatoms. The van der Waals surface area contributed by atoms with E-state index in [1.807, 2.05) is 13.8 Å². The van der Waals surface area contributed by atoms with E-state index in [0.29, 0.717) is 12.2 Å². The summed E-state index contributed by atoms with van der Waals surface area (Å²) in [6, 6.07) is 5.02. The Morgan fingerprint density at radius 1 is 1.47 bits per heavy atom. The molecule has 1 aromatic carbocycles. The summed E-state index contributed by atoms with van der Waals surface area (Å²) in [7, 11) is 1.49. The Bertz CT molecular complexity index is 356. The van der Waals surface area contributed by atoms with Crippen molar-refractivity contribution in [2.75, 3.05) is 7.11 Å². The summed E-state index contributed by atoms with van der Waals surface area (Å²) in [5, 5.41) is 9.51. The van der Waals surface area contributed by atoms with Crippen LogP contribution in [0.2, 0.25) is 0 Å². The zero-order valence-electron chi connectivity index (χ0n) is 9.28. The van der Waals surface area contributed by atoms with Gasteiger partial charge < -0.3 is 9.84 Å². The van der Waals surface area contributed by atoms with Crippen LogP contribution in [0.1, 0.15) is 19.4 Å². The normalized spacial score (nSPS) is 10.4. The first-order valence-corrected chi connectivity index (χ1v) is 4.93. The molecule has 0 spiro atoms. The molecule has 82 valence electrons. The third kappa shape index (κ3) is 2.98. The summed E-state index contributed by atoms with van der Waals surface area (Å²) >= 11 is 0. The SMILES string of the molecule is COc1ccc(CC(=O)C(C)C)cc1O. The van der Waals surface area contributed by atoms with Crippen LogP contribution in [-0.4, -0.2) is 18.0 Å². The van der Waals surface area contributed by atoms with Gasteiger partial charge in [-0.25, -0.2) is 0 Å². The Hall–Kier alpha value is -1.51. The van der Waals surface area contributed by atoms with Gasteiger partial charge >= 0.3 is 0 Å². The quantitative estimate of drug-likeness (QED) is 0.824. The Morgan fingerprint density at radius 2 is 2.13 bits per heavy atom. The molecule has 0 aliphatic rings. The smallest absolute Gasteiger partial charge is 0.160 e. The zero-order chi connectivity index (χ0) is 11.4. The fourth-order valence-electron chi connectivity index (χ4n) is 1.25. The number of phenolic OH excluding ortho intramolecular Hbond substituents is 1. The van der Waals surface area contributed by atoms with E-state index in [1.165, 1.54) is 7.11 Å². The number of rotatable bonds is 4. The highest BCUT2D eigenvalue weighted by molar-refractivity contribution is 5.82. The zero-order valence-corrected chi connectivity index (χ0v) is 9.28. The Balaban J connectivity index is 2.80. The maximum Gasteiger partial charge on any atom is 0.160 e. The minimum atomic E-state index is 0.0224. The topological polar surface area (TPSA) is 46.5 Å². The van der Waals surface area contributed by atoms with E-state index in [-0.39, 0.29) is 17.5 Å². The van der Waals surface area contributed by atoms with Crippen molar-refractivity contribution in [1.29, 1.82) is 0 Å². The number of hydrogen-bond acceptors (Lipinski definition) is 3. The summed E-state index contributed by atoms with van der Waals surface area (Å²) in [6.07, 6.45) is 0.356. The number of carbonyl (C=O) groups is 1. The summed E-state index contributed by atoms with van der Waals surface area (Å²) in [6.45, 7) is 3.73. The van der Waals surface area contributed by atoms with Crippen molar-refractivity contribution in [3.05, 3.63) is 23.8 Å². The lowest BCUT2D eigenvalue weighted by Gasteiger charge is -2.07. The minimum absolute atomic E-state index is 0.0224. The predicted octanol–water partition coefficient (Wildman–Crippen LogP) is 2.17. The molecule has 0 aliphatic carbocycles. The molecule has 0 saturated heterocycles. The van der Waals surface area contributed by atoms with Gasteiger partial charge in [0.1, 0.15) is 5.78 Å². The first-order valence-electron chi connectivity index (χ1n) is 4.93. The lowest BCUT2D eigenvalue weighted by molar-refractivity contribution is -0.121. The monoisotopic (exact) mass is 208 g/mol. The highest BCUT2D eigenvalue weighted by atomic mass is 16.5. The van der Waals surface area contributed by atoms with Crippen LogP contribution >= 0.6 is 0 Å². The molecule has 0 radical (unpaired) electrons. The van der Waals surface area contributed by atoms with Crippen molar-refractivity contribution in [2.45, 2.75) is 20.3 Å². The second-order valence-corrected chi connectivity index (χ2v) is 3.80. The molecule has 0 saturated carbocycles. The molecule has 0 bridgehead atoms. The molecule has 0 atom stereocenters. The van der Waals surface area contributed by atoms with Gasteiger partial charge in [-0.1, -0.05) is 19.9 Å². The molecule has 3 nitrogen and oxygen atoms in total. The van der Waals surface area contributed by atoms with Crippen molar-refractivity contribution < 1.29 is 14.6 Å². The number of ketones is 1. The Morgan fingerprint density at radius 3 is 2.60 bits per heavy atom. The minimum Gasteiger partial charge on any atom is -0.504 e. The standard InChI is InChI=1S/C12H16O3/c1-8(2)10(13)6-9-4-5-12(15-3)11(14)7-9/h4-5,7-8,14H,6H2,1-3H3. The van der Waals surface area contributed by atoms with Crippen molar-refractivity contribution in [3.63, 3.8) is 0 Å². The number of methoxy groups -OCH3 is 1. The van der Waals surface area contributed by atoms with Crippen LogP contribution in [0, 0.1) is 5.92 Å². The number of hydrogen-bond donors (Lipinski definition) is 1. The maximum absolute atomic E-state index is 11.5. The number of Topliss-reactive ketones (excluding diaryl/α,β-unsaturated/α-hetero) is 1. The van der Waals surface area contributed by atoms with Crippen LogP contribution in [0.5, 0.6) is 11.5 Å². The number of phenols is 1. The van der Waals surface area contributed by atoms with Crippen LogP contribution in [0.3, 0.4) is 0 Å². The number of carbonyl (C=O) groups excluding carboxylic acids is 1. The second-order valence-electron chi connectivity index (χ2n) is 3.80. The fourth-order valence-corrected chi connectivity index (χ4v) is 1.25. The van der Waals surface area contributed by atoms with Gasteiger partial charge in [0, 0.05) is 12.3 Å². The molecule has 0 amide bonds. The first-order chi connectivity index (χ1) is 7.04. The van der Waals surface area contributed by atoms with Crippen LogP contribution in [0.15, 0.2) is 18.2 Å². The molecule has 1 N–H and O–H groups in total. The summed E-state index contributed by atoms with van der Waals surface area (Å²) in [5.41, 5.74) is 0.812. The highest BCUT2D eigenvalue weighted by Crippen LogP contribution is 2.26. The molecular weight excluding hydrogens is 192 g/mol. The molecular formula is C12H16O3. The average Bonchev–Trinajstić information content (AvgIpc) is 2.18. The van der Waals surface area contributed by atoms with Crippen LogP contribution in [-0.2, 0) is 11.2 Å². The van der Waals surface area contributed by atoms with Gasteiger partial charge in [0.05, 0.1) is 7.11 Å². The molecule has 0 heterocycles. The van der Waals surface area contributed by atoms with Gasteiger partial charge in [0.15, 0.2) is 11.5 Å². The van der Waals surface area contributed by atoms with E-state index >= 15 is 0 Å². The van der Waals surface area contributed by atoms with Crippen LogP contribution in [0.25, 0.3) is 0 Å². The molecule has 0 aromatic heterocycles. The van der Waals surface area contributed by atoms with Crippen molar-refractivity contribution >= 4 is 5.78 Å². The molecule has 0 fully saturated rings. The average molecular weight is 208 g/mol. The van der Waals surface area contributed by atoms with E-state index in [4.69, 9.17) is 4.74 Å². The van der Waals surface area contributed by atoms with Crippen molar-refractivity contribution in [1.82, 2.24) is 0 Å². The fraction of sp³-hybridized carbons (Fsp3) is 0.417. The van der Waals surface area contributed by atoms with Crippen molar-refractivity contribution in [2.24, 2.45) is 5.92 Å². The first kappa shape index (κ1) is 11.6. The van der Waals surface area contributed by atoms with Gasteiger partial charge in [-0.3, -0.25) is 4.79 Å². The largest absolute Gasteiger partial charge is 0.504 e. The second kappa shape index (κ2) is 4.82. The van der Waals surface area contributed by atoms with Crippen LogP contribution in [0.4, 0.5) is 0 Å². The number of benzene rings is 1. The number of ether oxygens (including phenoxy) is 1. The summed E-state index contributed by atoms with van der Waals surface area (Å²) in [4.78, 5) is 11.5. The molecule has 1 aromatic rings. The van der Waals surface area contributed by atoms with Crippen molar-refractivity contribution in [3.8, 4) is 11.5 Å². The molecule has 0 unspecified atom stereocenters. The van der Waals surface area contributed by atoms with E-state index in [2.05, 4.69) is 0 Å². The van der Waals surface area contributed by atoms with E-state index < -0.39 is 0 Å². The van der Waals surface area contributed by atoms with Gasteiger partial charge in [0.2, 0.25) is 0 Å². The predicted molar refractivity (Wildman–Crippen MR) is 58.2 cm³/mol. The van der Waals surface area contributed by atoms with Gasteiger partial charge in [-0.15, -0.1) is 0 Å². The molecule has 15 heavy (non-hydrogen) atoms. The third-order valence-corrected chi connectivity index (χ3v) is 2.27. The summed E-state index contributed by atoms with van der Waals surface area (Å²) < 4.78 is 4.92. The Labute approximate surface area is 89.7 Å². The van der Waals surface area contributed by atoms with E-state index in [1.54, 1.807) is 18.2 Å². The van der Waals surface area contributed by atoms with E-state index in [0.717, 1.165) is 5.56 Å². The van der Waals surface area contributed by atoms with Gasteiger partial charge in [-0.2, -0.15) is 0 Å². The van der Waals surface area contributed by atoms with E-state index in [9.17, 15) is 9.90 Å². The molecule has 0 aliphatic heterocycles. The van der Waals surface area contributed by atoms with Crippen LogP contribution < -0.4 is 4.74 Å². The Kier molecular flexibility index (Phi) is 3.72. The lowest BCUT2D eigenvalue weighted by Crippen LogP contribution is -2.09.